The van der Waals surface area contributed by atoms with Gasteiger partial charge in [-0.15, -0.1) is 0 Å². The monoisotopic (exact) mass is 250 g/mol. The highest BCUT2D eigenvalue weighted by atomic mass is 16.4. The van der Waals surface area contributed by atoms with Crippen molar-refractivity contribution in [1.29, 1.82) is 0 Å². The Morgan fingerprint density at radius 1 is 1.22 bits per heavy atom. The number of aryl methyl sites for hydroxylation is 1. The van der Waals surface area contributed by atoms with Gasteiger partial charge in [-0.05, 0) is 24.3 Å². The molecular formula is C13H14O5. The third kappa shape index (κ3) is 2.37. The van der Waals surface area contributed by atoms with Gasteiger partial charge in [-0.3, -0.25) is 4.79 Å². The number of hydrogen-bond acceptors (Lipinski definition) is 5. The van der Waals surface area contributed by atoms with Gasteiger partial charge in [0.15, 0.2) is 11.9 Å². The van der Waals surface area contributed by atoms with Crippen molar-refractivity contribution in [3.05, 3.63) is 47.3 Å². The molecule has 0 spiro atoms. The molecule has 0 saturated heterocycles. The van der Waals surface area contributed by atoms with E-state index in [4.69, 9.17) is 13.9 Å². The average Bonchev–Trinajstić information content (AvgIpc) is 3.05. The van der Waals surface area contributed by atoms with Crippen LogP contribution in [0, 0.1) is 0 Å². The van der Waals surface area contributed by atoms with Crippen LogP contribution in [0.2, 0.25) is 0 Å². The Kier molecular flexibility index (Phi) is 3.64. The van der Waals surface area contributed by atoms with Crippen molar-refractivity contribution < 1.29 is 23.8 Å². The van der Waals surface area contributed by atoms with E-state index in [9.17, 15) is 9.90 Å². The van der Waals surface area contributed by atoms with Crippen LogP contribution in [0.4, 0.5) is 0 Å². The molecule has 2 N–H and O–H groups in total. The van der Waals surface area contributed by atoms with E-state index in [0.29, 0.717) is 17.9 Å². The molecule has 2 rings (SSSR count). The second-order valence-electron chi connectivity index (χ2n) is 3.85. The molecule has 0 saturated carbocycles. The number of carbonyl (C=O) groups is 1. The molecule has 2 aromatic heterocycles. The minimum atomic E-state index is -1.42. The molecule has 0 aliphatic heterocycles. The summed E-state index contributed by atoms with van der Waals surface area (Å²) in [6, 6.07) is 6.19. The number of ketones is 1. The predicted octanol–water partition coefficient (Wildman–Crippen LogP) is 1.84. The van der Waals surface area contributed by atoms with Crippen LogP contribution >= 0.6 is 0 Å². The van der Waals surface area contributed by atoms with E-state index in [2.05, 4.69) is 0 Å². The van der Waals surface area contributed by atoms with Gasteiger partial charge in [-0.25, -0.2) is 0 Å². The van der Waals surface area contributed by atoms with Gasteiger partial charge in [0.25, 0.3) is 0 Å². The molecule has 0 aromatic carbocycles. The Labute approximate surface area is 104 Å². The molecule has 0 radical (unpaired) electrons. The number of Topliss-reactive ketones (excluding diaryl/α,β-unsaturated/α-hetero) is 1. The average molecular weight is 250 g/mol. The van der Waals surface area contributed by atoms with E-state index < -0.39 is 11.9 Å². The maximum Gasteiger partial charge on any atom is 0.234 e. The highest BCUT2D eigenvalue weighted by Gasteiger charge is 2.25. The summed E-state index contributed by atoms with van der Waals surface area (Å²) in [6.45, 7) is 1.63. The standard InChI is InChI=1S/C13H14O5/c1-2-8-3-5-10(17-8)12(15)13(16)11-6-4-9(7-14)18-11/h3-6,13-14,16H,2,7H2,1H3. The van der Waals surface area contributed by atoms with Crippen molar-refractivity contribution in [2.75, 3.05) is 0 Å². The maximum absolute atomic E-state index is 11.9. The molecule has 0 aliphatic rings. The summed E-state index contributed by atoms with van der Waals surface area (Å²) < 4.78 is 10.4. The fraction of sp³-hybridized carbons (Fsp3) is 0.308. The van der Waals surface area contributed by atoms with Crippen molar-refractivity contribution in [3.63, 3.8) is 0 Å². The largest absolute Gasteiger partial charge is 0.460 e. The lowest BCUT2D eigenvalue weighted by Gasteiger charge is -2.04. The first-order valence-corrected chi connectivity index (χ1v) is 5.66. The van der Waals surface area contributed by atoms with Crippen LogP contribution in [0.25, 0.3) is 0 Å². The van der Waals surface area contributed by atoms with Crippen LogP contribution in [0.15, 0.2) is 33.1 Å². The molecule has 1 atom stereocenters. The van der Waals surface area contributed by atoms with Gasteiger partial charge >= 0.3 is 0 Å². The molecule has 0 bridgehead atoms. The summed E-state index contributed by atoms with van der Waals surface area (Å²) in [7, 11) is 0. The Morgan fingerprint density at radius 3 is 2.50 bits per heavy atom. The first-order chi connectivity index (χ1) is 8.65. The van der Waals surface area contributed by atoms with Crippen molar-refractivity contribution in [1.82, 2.24) is 0 Å². The molecule has 0 aliphatic carbocycles. The fourth-order valence-corrected chi connectivity index (χ4v) is 1.59. The Morgan fingerprint density at radius 2 is 1.94 bits per heavy atom. The number of aliphatic hydroxyl groups is 2. The van der Waals surface area contributed by atoms with Crippen molar-refractivity contribution in [2.24, 2.45) is 0 Å². The van der Waals surface area contributed by atoms with Crippen LogP contribution in [-0.2, 0) is 13.0 Å². The number of hydrogen-bond donors (Lipinski definition) is 2. The van der Waals surface area contributed by atoms with Gasteiger partial charge in [0.1, 0.15) is 23.9 Å². The Bertz CT molecular complexity index is 537. The summed E-state index contributed by atoms with van der Waals surface area (Å²) in [5, 5.41) is 18.7. The van der Waals surface area contributed by atoms with Crippen molar-refractivity contribution >= 4 is 5.78 Å². The number of aliphatic hydroxyl groups excluding tert-OH is 2. The third-order valence-electron chi connectivity index (χ3n) is 2.61. The zero-order valence-electron chi connectivity index (χ0n) is 9.92. The smallest absolute Gasteiger partial charge is 0.234 e. The first-order valence-electron chi connectivity index (χ1n) is 5.66. The molecule has 5 heteroatoms. The van der Waals surface area contributed by atoms with Crippen molar-refractivity contribution in [2.45, 2.75) is 26.1 Å². The SMILES string of the molecule is CCc1ccc(C(=O)C(O)c2ccc(CO)o2)o1. The lowest BCUT2D eigenvalue weighted by atomic mass is 10.1. The minimum Gasteiger partial charge on any atom is -0.460 e. The van der Waals surface area contributed by atoms with Gasteiger partial charge in [0.2, 0.25) is 5.78 Å². The number of rotatable bonds is 5. The maximum atomic E-state index is 11.9. The summed E-state index contributed by atoms with van der Waals surface area (Å²) in [5.41, 5.74) is 0. The lowest BCUT2D eigenvalue weighted by molar-refractivity contribution is 0.0664. The van der Waals surface area contributed by atoms with E-state index in [1.807, 2.05) is 6.92 Å². The van der Waals surface area contributed by atoms with Crippen LogP contribution in [0.1, 0.15) is 40.9 Å². The topological polar surface area (TPSA) is 83.8 Å². The zero-order valence-corrected chi connectivity index (χ0v) is 9.92. The van der Waals surface area contributed by atoms with Gasteiger partial charge in [-0.1, -0.05) is 6.92 Å². The first kappa shape index (κ1) is 12.6. The number of carbonyl (C=O) groups excluding carboxylic acids is 1. The van der Waals surface area contributed by atoms with E-state index >= 15 is 0 Å². The molecule has 18 heavy (non-hydrogen) atoms. The Hall–Kier alpha value is -1.85. The summed E-state index contributed by atoms with van der Waals surface area (Å²) in [5.74, 6) is 0.611. The van der Waals surface area contributed by atoms with Crippen LogP contribution in [0.3, 0.4) is 0 Å². The van der Waals surface area contributed by atoms with E-state index in [1.54, 1.807) is 6.07 Å². The molecule has 0 amide bonds. The van der Waals surface area contributed by atoms with Gasteiger partial charge in [-0.2, -0.15) is 0 Å². The minimum absolute atomic E-state index is 0.0958. The number of furan rings is 2. The molecular weight excluding hydrogens is 236 g/mol. The summed E-state index contributed by atoms with van der Waals surface area (Å²) in [4.78, 5) is 11.9. The predicted molar refractivity (Wildman–Crippen MR) is 62.0 cm³/mol. The highest BCUT2D eigenvalue weighted by Crippen LogP contribution is 2.22. The van der Waals surface area contributed by atoms with Crippen LogP contribution in [0.5, 0.6) is 0 Å². The van der Waals surface area contributed by atoms with Gasteiger partial charge in [0, 0.05) is 6.42 Å². The summed E-state index contributed by atoms with van der Waals surface area (Å²) in [6.07, 6.45) is -0.736. The third-order valence-corrected chi connectivity index (χ3v) is 2.61. The molecule has 5 nitrogen and oxygen atoms in total. The normalized spacial score (nSPS) is 12.6. The van der Waals surface area contributed by atoms with Crippen molar-refractivity contribution in [3.8, 4) is 0 Å². The zero-order chi connectivity index (χ0) is 13.1. The lowest BCUT2D eigenvalue weighted by Crippen LogP contribution is -2.10. The van der Waals surface area contributed by atoms with E-state index in [0.717, 1.165) is 0 Å². The molecule has 2 heterocycles. The molecule has 2 aromatic rings. The second-order valence-corrected chi connectivity index (χ2v) is 3.85. The summed E-state index contributed by atoms with van der Waals surface area (Å²) >= 11 is 0. The second kappa shape index (κ2) is 5.20. The molecule has 0 fully saturated rings. The van der Waals surface area contributed by atoms with Crippen LogP contribution in [-0.4, -0.2) is 16.0 Å². The van der Waals surface area contributed by atoms with Gasteiger partial charge < -0.3 is 19.0 Å². The van der Waals surface area contributed by atoms with E-state index in [1.165, 1.54) is 18.2 Å². The Balaban J connectivity index is 2.17. The van der Waals surface area contributed by atoms with E-state index in [-0.39, 0.29) is 18.1 Å². The molecule has 96 valence electrons. The molecule has 1 unspecified atom stereocenters. The van der Waals surface area contributed by atoms with Gasteiger partial charge in [0.05, 0.1) is 0 Å². The fourth-order valence-electron chi connectivity index (χ4n) is 1.59. The quantitative estimate of drug-likeness (QED) is 0.791. The highest BCUT2D eigenvalue weighted by molar-refractivity contribution is 5.97. The van der Waals surface area contributed by atoms with Crippen LogP contribution < -0.4 is 0 Å².